The molecule has 168 valence electrons. The van der Waals surface area contributed by atoms with Crippen LogP contribution in [0.4, 0.5) is 11.4 Å². The lowest BCUT2D eigenvalue weighted by Crippen LogP contribution is -2.18. The van der Waals surface area contributed by atoms with Gasteiger partial charge in [0.1, 0.15) is 5.82 Å². The number of aromatic nitrogens is 3. The summed E-state index contributed by atoms with van der Waals surface area (Å²) in [6.45, 7) is 8.59. The highest BCUT2D eigenvalue weighted by molar-refractivity contribution is 9.10. The van der Waals surface area contributed by atoms with Crippen LogP contribution in [-0.2, 0) is 22.6 Å². The van der Waals surface area contributed by atoms with E-state index in [1.165, 1.54) is 11.8 Å². The molecule has 32 heavy (non-hydrogen) atoms. The fourth-order valence-corrected chi connectivity index (χ4v) is 4.43. The third kappa shape index (κ3) is 6.20. The van der Waals surface area contributed by atoms with Gasteiger partial charge in [-0.15, -0.1) is 10.2 Å². The quantitative estimate of drug-likeness (QED) is 0.416. The van der Waals surface area contributed by atoms with Crippen LogP contribution >= 0.6 is 27.7 Å². The monoisotopic (exact) mass is 515 g/mol. The Morgan fingerprint density at radius 1 is 1.00 bits per heavy atom. The molecule has 3 rings (SSSR count). The number of halogens is 1. The zero-order valence-corrected chi connectivity index (χ0v) is 20.9. The summed E-state index contributed by atoms with van der Waals surface area (Å²) in [5, 5.41) is 14.8. The first-order valence-corrected chi connectivity index (χ1v) is 12.0. The zero-order chi connectivity index (χ0) is 23.3. The standard InChI is InChI=1S/C23H26BrN5O2S/c1-5-29-20(12-21(30)25-17-8-6-14(2)7-9-17)27-28-23(29)32-13-22(31)26-19-11-16(4)15(3)10-18(19)24/h6-11H,5,12-13H2,1-4H3,(H,25,30)(H,26,31). The van der Waals surface area contributed by atoms with E-state index in [0.717, 1.165) is 32.5 Å². The van der Waals surface area contributed by atoms with Gasteiger partial charge < -0.3 is 15.2 Å². The average molecular weight is 516 g/mol. The molecule has 1 heterocycles. The number of hydrogen-bond acceptors (Lipinski definition) is 5. The topological polar surface area (TPSA) is 88.9 Å². The minimum absolute atomic E-state index is 0.108. The molecule has 0 aliphatic rings. The van der Waals surface area contributed by atoms with Crippen molar-refractivity contribution in [3.63, 3.8) is 0 Å². The summed E-state index contributed by atoms with van der Waals surface area (Å²) in [6.07, 6.45) is 0.108. The molecule has 1 aromatic heterocycles. The molecule has 0 spiro atoms. The second-order valence-electron chi connectivity index (χ2n) is 7.49. The highest BCUT2D eigenvalue weighted by Gasteiger charge is 2.16. The van der Waals surface area contributed by atoms with Crippen LogP contribution < -0.4 is 10.6 Å². The van der Waals surface area contributed by atoms with Gasteiger partial charge in [-0.3, -0.25) is 9.59 Å². The summed E-state index contributed by atoms with van der Waals surface area (Å²) in [5.41, 5.74) is 4.87. The van der Waals surface area contributed by atoms with E-state index < -0.39 is 0 Å². The largest absolute Gasteiger partial charge is 0.326 e. The fraction of sp³-hybridized carbons (Fsp3) is 0.304. The minimum Gasteiger partial charge on any atom is -0.326 e. The predicted octanol–water partition coefficient (Wildman–Crippen LogP) is 4.90. The van der Waals surface area contributed by atoms with Gasteiger partial charge in [0.2, 0.25) is 11.8 Å². The van der Waals surface area contributed by atoms with Gasteiger partial charge in [-0.25, -0.2) is 0 Å². The minimum atomic E-state index is -0.162. The first-order valence-electron chi connectivity index (χ1n) is 10.2. The highest BCUT2D eigenvalue weighted by Crippen LogP contribution is 2.26. The van der Waals surface area contributed by atoms with Crippen molar-refractivity contribution in [1.82, 2.24) is 14.8 Å². The first kappa shape index (κ1) is 24.0. The predicted molar refractivity (Wildman–Crippen MR) is 132 cm³/mol. The molecular weight excluding hydrogens is 490 g/mol. The molecule has 3 aromatic rings. The molecule has 0 saturated carbocycles. The van der Waals surface area contributed by atoms with Gasteiger partial charge in [0, 0.05) is 16.7 Å². The van der Waals surface area contributed by atoms with Crippen molar-refractivity contribution in [2.45, 2.75) is 45.8 Å². The Morgan fingerprint density at radius 3 is 2.38 bits per heavy atom. The van der Waals surface area contributed by atoms with E-state index in [1.807, 2.05) is 68.7 Å². The number of anilines is 2. The number of carbonyl (C=O) groups is 2. The maximum atomic E-state index is 12.5. The number of amides is 2. The number of nitrogens with zero attached hydrogens (tertiary/aromatic N) is 3. The van der Waals surface area contributed by atoms with Crippen LogP contribution in [0.15, 0.2) is 46.0 Å². The molecule has 0 unspecified atom stereocenters. The maximum absolute atomic E-state index is 12.5. The van der Waals surface area contributed by atoms with Crippen molar-refractivity contribution in [3.8, 4) is 0 Å². The number of aryl methyl sites for hydroxylation is 3. The summed E-state index contributed by atoms with van der Waals surface area (Å²) in [6, 6.07) is 11.6. The van der Waals surface area contributed by atoms with E-state index in [1.54, 1.807) is 0 Å². The van der Waals surface area contributed by atoms with Gasteiger partial charge in [0.05, 0.1) is 17.9 Å². The van der Waals surface area contributed by atoms with Crippen LogP contribution in [-0.4, -0.2) is 32.3 Å². The fourth-order valence-electron chi connectivity index (χ4n) is 3.05. The summed E-state index contributed by atoms with van der Waals surface area (Å²) < 4.78 is 2.70. The van der Waals surface area contributed by atoms with Crippen LogP contribution in [0.3, 0.4) is 0 Å². The number of carbonyl (C=O) groups excluding carboxylic acids is 2. The molecule has 0 atom stereocenters. The van der Waals surface area contributed by atoms with E-state index in [0.29, 0.717) is 17.5 Å². The molecule has 0 radical (unpaired) electrons. The van der Waals surface area contributed by atoms with Crippen molar-refractivity contribution < 1.29 is 9.59 Å². The van der Waals surface area contributed by atoms with Crippen LogP contribution in [0, 0.1) is 20.8 Å². The Kier molecular flexibility index (Phi) is 8.09. The average Bonchev–Trinajstić information content (AvgIpc) is 3.13. The van der Waals surface area contributed by atoms with Gasteiger partial charge in [0.15, 0.2) is 5.16 Å². The third-order valence-electron chi connectivity index (χ3n) is 4.95. The SMILES string of the molecule is CCn1c(CC(=O)Nc2ccc(C)cc2)nnc1SCC(=O)Nc1cc(C)c(C)cc1Br. The number of thioether (sulfide) groups is 1. The van der Waals surface area contributed by atoms with Crippen molar-refractivity contribution in [3.05, 3.63) is 63.4 Å². The second kappa shape index (κ2) is 10.8. The van der Waals surface area contributed by atoms with E-state index >= 15 is 0 Å². The van der Waals surface area contributed by atoms with Gasteiger partial charge in [-0.05, 0) is 79.0 Å². The van der Waals surface area contributed by atoms with Gasteiger partial charge in [0.25, 0.3) is 0 Å². The van der Waals surface area contributed by atoms with Crippen molar-refractivity contribution in [1.29, 1.82) is 0 Å². The molecule has 0 fully saturated rings. The van der Waals surface area contributed by atoms with Crippen LogP contribution in [0.2, 0.25) is 0 Å². The van der Waals surface area contributed by atoms with Crippen LogP contribution in [0.5, 0.6) is 0 Å². The van der Waals surface area contributed by atoms with E-state index in [4.69, 9.17) is 0 Å². The van der Waals surface area contributed by atoms with E-state index in [2.05, 4.69) is 36.8 Å². The lowest BCUT2D eigenvalue weighted by molar-refractivity contribution is -0.116. The maximum Gasteiger partial charge on any atom is 0.234 e. The molecular formula is C23H26BrN5O2S. The molecule has 0 aliphatic carbocycles. The summed E-state index contributed by atoms with van der Waals surface area (Å²) in [7, 11) is 0. The van der Waals surface area contributed by atoms with Crippen LogP contribution in [0.25, 0.3) is 0 Å². The molecule has 0 bridgehead atoms. The highest BCUT2D eigenvalue weighted by atomic mass is 79.9. The lowest BCUT2D eigenvalue weighted by atomic mass is 10.1. The summed E-state index contributed by atoms with van der Waals surface area (Å²) in [4.78, 5) is 24.9. The second-order valence-corrected chi connectivity index (χ2v) is 9.28. The number of nitrogens with one attached hydrogen (secondary N) is 2. The van der Waals surface area contributed by atoms with Crippen LogP contribution in [0.1, 0.15) is 29.4 Å². The van der Waals surface area contributed by atoms with E-state index in [-0.39, 0.29) is 24.0 Å². The molecule has 7 nitrogen and oxygen atoms in total. The van der Waals surface area contributed by atoms with Crippen molar-refractivity contribution in [2.24, 2.45) is 0 Å². The Balaban J connectivity index is 1.59. The van der Waals surface area contributed by atoms with Crippen molar-refractivity contribution >= 4 is 50.9 Å². The van der Waals surface area contributed by atoms with Crippen molar-refractivity contribution in [2.75, 3.05) is 16.4 Å². The Bertz CT molecular complexity index is 1130. The van der Waals surface area contributed by atoms with Gasteiger partial charge >= 0.3 is 0 Å². The Morgan fingerprint density at radius 2 is 1.69 bits per heavy atom. The molecule has 2 amide bonds. The lowest BCUT2D eigenvalue weighted by Gasteiger charge is -2.11. The number of rotatable bonds is 8. The first-order chi connectivity index (χ1) is 15.3. The van der Waals surface area contributed by atoms with Gasteiger partial charge in [-0.1, -0.05) is 29.5 Å². The van der Waals surface area contributed by atoms with E-state index in [9.17, 15) is 9.59 Å². The normalized spacial score (nSPS) is 10.8. The molecule has 9 heteroatoms. The van der Waals surface area contributed by atoms with Gasteiger partial charge in [-0.2, -0.15) is 0 Å². The smallest absolute Gasteiger partial charge is 0.234 e. The Hall–Kier alpha value is -2.65. The zero-order valence-electron chi connectivity index (χ0n) is 18.5. The summed E-state index contributed by atoms with van der Waals surface area (Å²) in [5.74, 6) is 0.456. The third-order valence-corrected chi connectivity index (χ3v) is 6.58. The number of hydrogen-bond donors (Lipinski definition) is 2. The Labute approximate surface area is 200 Å². The number of benzene rings is 2. The molecule has 0 saturated heterocycles. The summed E-state index contributed by atoms with van der Waals surface area (Å²) >= 11 is 4.79. The molecule has 2 N–H and O–H groups in total. The molecule has 2 aromatic carbocycles. The molecule has 0 aliphatic heterocycles.